The molecule has 0 spiro atoms. The van der Waals surface area contributed by atoms with Gasteiger partial charge < -0.3 is 20.7 Å². The quantitative estimate of drug-likeness (QED) is 0.438. The Hall–Kier alpha value is -3.02. The van der Waals surface area contributed by atoms with E-state index in [9.17, 15) is 9.59 Å². The van der Waals surface area contributed by atoms with Gasteiger partial charge in [0.25, 0.3) is 0 Å². The lowest BCUT2D eigenvalue weighted by atomic mass is 10.2. The molecule has 6 nitrogen and oxygen atoms in total. The molecule has 6 heteroatoms. The van der Waals surface area contributed by atoms with Gasteiger partial charge in [0, 0.05) is 24.0 Å². The van der Waals surface area contributed by atoms with E-state index in [1.165, 1.54) is 32.6 Å². The fourth-order valence-corrected chi connectivity index (χ4v) is 2.83. The highest BCUT2D eigenvalue weighted by Crippen LogP contribution is 2.17. The highest BCUT2D eigenvalue weighted by atomic mass is 16.5. The van der Waals surface area contributed by atoms with Crippen LogP contribution in [0.4, 0.5) is 17.1 Å². The van der Waals surface area contributed by atoms with E-state index < -0.39 is 0 Å². The van der Waals surface area contributed by atoms with E-state index in [-0.39, 0.29) is 18.4 Å². The molecular formula is C23H31N3O3. The Morgan fingerprint density at radius 1 is 0.862 bits per heavy atom. The maximum absolute atomic E-state index is 12.1. The molecule has 0 atom stereocenters. The Balaban J connectivity index is 1.71. The first kappa shape index (κ1) is 22.3. The number of unbranched alkanes of at least 4 members (excludes halogenated alkanes) is 4. The first-order valence-corrected chi connectivity index (χ1v) is 10.2. The van der Waals surface area contributed by atoms with Crippen LogP contribution in [0, 0.1) is 0 Å². The van der Waals surface area contributed by atoms with E-state index in [0.717, 1.165) is 24.5 Å². The zero-order valence-electron chi connectivity index (χ0n) is 17.3. The van der Waals surface area contributed by atoms with Crippen LogP contribution >= 0.6 is 0 Å². The molecule has 2 rings (SSSR count). The SMILES string of the molecule is CCCCCCCOc1ccc(NCC(=O)Nc2cccc(NC(C)=O)c2)cc1. The number of hydrogen-bond acceptors (Lipinski definition) is 4. The summed E-state index contributed by atoms with van der Waals surface area (Å²) in [5.74, 6) is 0.515. The fraction of sp³-hybridized carbons (Fsp3) is 0.391. The van der Waals surface area contributed by atoms with Crippen LogP contribution in [0.2, 0.25) is 0 Å². The van der Waals surface area contributed by atoms with Crippen molar-refractivity contribution in [1.29, 1.82) is 0 Å². The number of hydrogen-bond donors (Lipinski definition) is 3. The lowest BCUT2D eigenvalue weighted by molar-refractivity contribution is -0.115. The highest BCUT2D eigenvalue weighted by Gasteiger charge is 2.04. The first-order valence-electron chi connectivity index (χ1n) is 10.2. The third-order valence-corrected chi connectivity index (χ3v) is 4.29. The summed E-state index contributed by atoms with van der Waals surface area (Å²) in [7, 11) is 0. The third kappa shape index (κ3) is 9.14. The first-order chi connectivity index (χ1) is 14.1. The average Bonchev–Trinajstić information content (AvgIpc) is 2.70. The van der Waals surface area contributed by atoms with Crippen LogP contribution in [0.15, 0.2) is 48.5 Å². The normalized spacial score (nSPS) is 10.3. The van der Waals surface area contributed by atoms with Crippen LogP contribution in [0.25, 0.3) is 0 Å². The van der Waals surface area contributed by atoms with Crippen LogP contribution in [0.3, 0.4) is 0 Å². The Kier molecular flexibility index (Phi) is 9.55. The van der Waals surface area contributed by atoms with Crippen molar-refractivity contribution in [2.24, 2.45) is 0 Å². The molecule has 0 aliphatic carbocycles. The molecule has 0 aliphatic heterocycles. The van der Waals surface area contributed by atoms with Crippen LogP contribution in [-0.4, -0.2) is 25.0 Å². The number of carbonyl (C=O) groups excluding carboxylic acids is 2. The summed E-state index contributed by atoms with van der Waals surface area (Å²) in [5.41, 5.74) is 2.12. The van der Waals surface area contributed by atoms with Crippen molar-refractivity contribution in [3.8, 4) is 5.75 Å². The molecule has 156 valence electrons. The Bertz CT molecular complexity index is 775. The molecule has 2 aromatic rings. The molecule has 0 bridgehead atoms. The van der Waals surface area contributed by atoms with Crippen LogP contribution in [0.1, 0.15) is 46.0 Å². The zero-order valence-corrected chi connectivity index (χ0v) is 17.3. The second-order valence-corrected chi connectivity index (χ2v) is 6.95. The van der Waals surface area contributed by atoms with Gasteiger partial charge in [-0.05, 0) is 48.9 Å². The van der Waals surface area contributed by atoms with Gasteiger partial charge in [-0.15, -0.1) is 0 Å². The number of rotatable bonds is 12. The van der Waals surface area contributed by atoms with Crippen molar-refractivity contribution in [2.75, 3.05) is 29.1 Å². The van der Waals surface area contributed by atoms with Crippen molar-refractivity contribution in [1.82, 2.24) is 0 Å². The van der Waals surface area contributed by atoms with Crippen LogP contribution < -0.4 is 20.7 Å². The fourth-order valence-electron chi connectivity index (χ4n) is 2.83. The molecule has 0 aliphatic rings. The predicted molar refractivity (Wildman–Crippen MR) is 119 cm³/mol. The predicted octanol–water partition coefficient (Wildman–Crippen LogP) is 5.04. The maximum atomic E-state index is 12.1. The van der Waals surface area contributed by atoms with E-state index in [0.29, 0.717) is 11.4 Å². The van der Waals surface area contributed by atoms with Gasteiger partial charge in [0.1, 0.15) is 5.75 Å². The number of anilines is 3. The van der Waals surface area contributed by atoms with Gasteiger partial charge in [-0.1, -0.05) is 38.7 Å². The maximum Gasteiger partial charge on any atom is 0.243 e. The van der Waals surface area contributed by atoms with E-state index in [1.807, 2.05) is 24.3 Å². The van der Waals surface area contributed by atoms with E-state index in [2.05, 4.69) is 22.9 Å². The Labute approximate surface area is 173 Å². The summed E-state index contributed by atoms with van der Waals surface area (Å²) in [6.07, 6.45) is 6.08. The molecule has 2 aromatic carbocycles. The van der Waals surface area contributed by atoms with Gasteiger partial charge in [-0.2, -0.15) is 0 Å². The lowest BCUT2D eigenvalue weighted by Crippen LogP contribution is -2.21. The molecule has 0 radical (unpaired) electrons. The summed E-state index contributed by atoms with van der Waals surface area (Å²) in [6.45, 7) is 4.53. The van der Waals surface area contributed by atoms with Gasteiger partial charge >= 0.3 is 0 Å². The summed E-state index contributed by atoms with van der Waals surface area (Å²) < 4.78 is 5.75. The van der Waals surface area contributed by atoms with E-state index >= 15 is 0 Å². The number of benzene rings is 2. The average molecular weight is 398 g/mol. The third-order valence-electron chi connectivity index (χ3n) is 4.29. The molecule has 0 saturated heterocycles. The van der Waals surface area contributed by atoms with Gasteiger partial charge in [0.05, 0.1) is 13.2 Å². The van der Waals surface area contributed by atoms with Crippen LogP contribution in [-0.2, 0) is 9.59 Å². The summed E-state index contributed by atoms with van der Waals surface area (Å²) in [5, 5.41) is 8.59. The van der Waals surface area contributed by atoms with E-state index in [4.69, 9.17) is 4.74 Å². The van der Waals surface area contributed by atoms with Gasteiger partial charge in [-0.25, -0.2) is 0 Å². The zero-order chi connectivity index (χ0) is 20.9. The molecule has 0 unspecified atom stereocenters. The number of ether oxygens (including phenoxy) is 1. The molecule has 0 saturated carbocycles. The monoisotopic (exact) mass is 397 g/mol. The highest BCUT2D eigenvalue weighted by molar-refractivity contribution is 5.95. The van der Waals surface area contributed by atoms with Crippen molar-refractivity contribution < 1.29 is 14.3 Å². The van der Waals surface area contributed by atoms with Gasteiger partial charge in [0.2, 0.25) is 11.8 Å². The van der Waals surface area contributed by atoms with Crippen molar-refractivity contribution in [3.05, 3.63) is 48.5 Å². The Morgan fingerprint density at radius 3 is 2.24 bits per heavy atom. The van der Waals surface area contributed by atoms with Crippen molar-refractivity contribution in [3.63, 3.8) is 0 Å². The molecule has 0 heterocycles. The second kappa shape index (κ2) is 12.4. The molecular weight excluding hydrogens is 366 g/mol. The number of amides is 2. The number of carbonyl (C=O) groups is 2. The second-order valence-electron chi connectivity index (χ2n) is 6.95. The van der Waals surface area contributed by atoms with Crippen molar-refractivity contribution >= 4 is 28.9 Å². The molecule has 0 aromatic heterocycles. The smallest absolute Gasteiger partial charge is 0.243 e. The van der Waals surface area contributed by atoms with Crippen LogP contribution in [0.5, 0.6) is 5.75 Å². The van der Waals surface area contributed by atoms with Gasteiger partial charge in [-0.3, -0.25) is 9.59 Å². The van der Waals surface area contributed by atoms with E-state index in [1.54, 1.807) is 24.3 Å². The lowest BCUT2D eigenvalue weighted by Gasteiger charge is -2.10. The topological polar surface area (TPSA) is 79.5 Å². The summed E-state index contributed by atoms with van der Waals surface area (Å²) in [4.78, 5) is 23.3. The minimum absolute atomic E-state index is 0.141. The minimum atomic E-state index is -0.169. The summed E-state index contributed by atoms with van der Waals surface area (Å²) in [6, 6.07) is 14.6. The Morgan fingerprint density at radius 2 is 1.55 bits per heavy atom. The molecule has 29 heavy (non-hydrogen) atoms. The summed E-state index contributed by atoms with van der Waals surface area (Å²) >= 11 is 0. The number of nitrogens with one attached hydrogen (secondary N) is 3. The molecule has 3 N–H and O–H groups in total. The standard InChI is InChI=1S/C23H31N3O3/c1-3-4-5-6-7-15-29-22-13-11-19(12-14-22)24-17-23(28)26-21-10-8-9-20(16-21)25-18(2)27/h8-14,16,24H,3-7,15,17H2,1-2H3,(H,25,27)(H,26,28). The largest absolute Gasteiger partial charge is 0.494 e. The molecule has 0 fully saturated rings. The van der Waals surface area contributed by atoms with Crippen molar-refractivity contribution in [2.45, 2.75) is 46.0 Å². The molecule has 2 amide bonds. The van der Waals surface area contributed by atoms with Gasteiger partial charge in [0.15, 0.2) is 0 Å². The minimum Gasteiger partial charge on any atom is -0.494 e.